The molecule has 0 radical (unpaired) electrons. The lowest BCUT2D eigenvalue weighted by molar-refractivity contribution is 0.0510. The van der Waals surface area contributed by atoms with Crippen LogP contribution in [0.3, 0.4) is 0 Å². The van der Waals surface area contributed by atoms with Gasteiger partial charge >= 0.3 is 6.09 Å². The fraction of sp³-hybridized carbons (Fsp3) is 0.375. The predicted molar refractivity (Wildman–Crippen MR) is 106 cm³/mol. The Hall–Kier alpha value is -2.55. The second-order valence-corrected chi connectivity index (χ2v) is 7.98. The second-order valence-electron chi connectivity index (χ2n) is 7.98. The first-order valence-corrected chi connectivity index (χ1v) is 10.1. The fourth-order valence-corrected chi connectivity index (χ4v) is 4.72. The van der Waals surface area contributed by atoms with Gasteiger partial charge in [-0.3, -0.25) is 4.90 Å². The van der Waals surface area contributed by atoms with Crippen molar-refractivity contribution < 1.29 is 9.53 Å². The van der Waals surface area contributed by atoms with Gasteiger partial charge < -0.3 is 4.74 Å². The van der Waals surface area contributed by atoms with Crippen LogP contribution in [0.15, 0.2) is 54.6 Å². The van der Waals surface area contributed by atoms with E-state index in [1.54, 1.807) is 0 Å². The minimum absolute atomic E-state index is 0.166. The van der Waals surface area contributed by atoms with E-state index in [1.165, 1.54) is 41.5 Å². The summed E-state index contributed by atoms with van der Waals surface area (Å²) in [7, 11) is 0. The maximum Gasteiger partial charge on any atom is 0.410 e. The Labute approximate surface area is 160 Å². The molecule has 0 spiro atoms. The van der Waals surface area contributed by atoms with Gasteiger partial charge in [0, 0.05) is 6.04 Å². The molecular formula is C24H25NO2. The lowest BCUT2D eigenvalue weighted by Crippen LogP contribution is -2.51. The van der Waals surface area contributed by atoms with Crippen molar-refractivity contribution in [3.63, 3.8) is 0 Å². The molecule has 27 heavy (non-hydrogen) atoms. The third-order valence-corrected chi connectivity index (χ3v) is 6.29. The van der Waals surface area contributed by atoms with Crippen LogP contribution in [0.25, 0.3) is 5.57 Å². The van der Waals surface area contributed by atoms with E-state index in [0.29, 0.717) is 6.61 Å². The summed E-state index contributed by atoms with van der Waals surface area (Å²) in [5.74, 6) is 0. The van der Waals surface area contributed by atoms with Crippen LogP contribution < -0.4 is 0 Å². The number of carbonyl (C=O) groups is 1. The molecule has 2 bridgehead atoms. The molecule has 5 rings (SSSR count). The number of amides is 1. The van der Waals surface area contributed by atoms with Crippen LogP contribution in [-0.2, 0) is 24.2 Å². The standard InChI is InChI=1S/C24H25NO2/c26-24(27-16-17-5-2-1-3-6-17)25-22-7-4-8-23(25)15-21(14-22)20-12-10-18-9-11-19(18)13-20/h1-3,5-6,10,12-14,22-23H,4,7-9,11,15-16H2. The van der Waals surface area contributed by atoms with E-state index < -0.39 is 0 Å². The number of benzene rings is 2. The van der Waals surface area contributed by atoms with Crippen molar-refractivity contribution in [1.82, 2.24) is 4.90 Å². The van der Waals surface area contributed by atoms with Crippen LogP contribution in [-0.4, -0.2) is 23.1 Å². The molecule has 3 heteroatoms. The Balaban J connectivity index is 1.33. The zero-order chi connectivity index (χ0) is 18.2. The number of hydrogen-bond acceptors (Lipinski definition) is 2. The van der Waals surface area contributed by atoms with Crippen LogP contribution >= 0.6 is 0 Å². The number of hydrogen-bond donors (Lipinski definition) is 0. The van der Waals surface area contributed by atoms with Gasteiger partial charge in [-0.05, 0) is 66.4 Å². The number of fused-ring (bicyclic) bond motifs is 3. The molecule has 0 N–H and O–H groups in total. The molecule has 1 saturated heterocycles. The van der Waals surface area contributed by atoms with Crippen LogP contribution in [0.1, 0.15) is 47.9 Å². The number of ether oxygens (including phenoxy) is 1. The van der Waals surface area contributed by atoms with E-state index in [2.05, 4.69) is 24.3 Å². The molecule has 2 aromatic carbocycles. The maximum absolute atomic E-state index is 12.8. The molecule has 3 nitrogen and oxygen atoms in total. The first-order valence-electron chi connectivity index (χ1n) is 10.1. The van der Waals surface area contributed by atoms with Gasteiger partial charge in [-0.1, -0.05) is 54.6 Å². The minimum Gasteiger partial charge on any atom is -0.445 e. The summed E-state index contributed by atoms with van der Waals surface area (Å²) in [5.41, 5.74) is 6.80. The zero-order valence-corrected chi connectivity index (χ0v) is 15.6. The topological polar surface area (TPSA) is 29.5 Å². The predicted octanol–water partition coefficient (Wildman–Crippen LogP) is 5.13. The average molecular weight is 359 g/mol. The highest BCUT2D eigenvalue weighted by molar-refractivity contribution is 5.75. The molecule has 0 aromatic heterocycles. The summed E-state index contributed by atoms with van der Waals surface area (Å²) >= 11 is 0. The van der Waals surface area contributed by atoms with E-state index in [4.69, 9.17) is 4.74 Å². The van der Waals surface area contributed by atoms with E-state index in [0.717, 1.165) is 24.8 Å². The number of carbonyl (C=O) groups excluding carboxylic acids is 1. The molecule has 1 fully saturated rings. The van der Waals surface area contributed by atoms with Crippen molar-refractivity contribution in [2.24, 2.45) is 0 Å². The van der Waals surface area contributed by atoms with Gasteiger partial charge in [-0.2, -0.15) is 0 Å². The van der Waals surface area contributed by atoms with Gasteiger partial charge in [-0.25, -0.2) is 4.79 Å². The normalized spacial score (nSPS) is 23.1. The monoisotopic (exact) mass is 359 g/mol. The largest absolute Gasteiger partial charge is 0.445 e. The summed E-state index contributed by atoms with van der Waals surface area (Å²) in [6.45, 7) is 0.344. The highest BCUT2D eigenvalue weighted by atomic mass is 16.6. The lowest BCUT2D eigenvalue weighted by Gasteiger charge is -2.44. The Morgan fingerprint density at radius 2 is 1.89 bits per heavy atom. The summed E-state index contributed by atoms with van der Waals surface area (Å²) in [4.78, 5) is 14.8. The first-order chi connectivity index (χ1) is 13.3. The van der Waals surface area contributed by atoms with E-state index in [-0.39, 0.29) is 18.2 Å². The van der Waals surface area contributed by atoms with Crippen LogP contribution in [0.2, 0.25) is 0 Å². The Bertz CT molecular complexity index is 887. The third kappa shape index (κ3) is 3.16. The molecule has 138 valence electrons. The summed E-state index contributed by atoms with van der Waals surface area (Å²) in [5, 5.41) is 0. The van der Waals surface area contributed by atoms with Gasteiger partial charge in [0.25, 0.3) is 0 Å². The molecule has 2 unspecified atom stereocenters. The van der Waals surface area contributed by atoms with Crippen molar-refractivity contribution >= 4 is 11.7 Å². The van der Waals surface area contributed by atoms with E-state index >= 15 is 0 Å². The summed E-state index contributed by atoms with van der Waals surface area (Å²) in [6, 6.07) is 17.3. The van der Waals surface area contributed by atoms with Crippen LogP contribution in [0.5, 0.6) is 0 Å². The highest BCUT2D eigenvalue weighted by Crippen LogP contribution is 2.38. The minimum atomic E-state index is -0.166. The molecule has 2 heterocycles. The van der Waals surface area contributed by atoms with Crippen molar-refractivity contribution in [3.05, 3.63) is 76.9 Å². The van der Waals surface area contributed by atoms with Gasteiger partial charge in [0.15, 0.2) is 0 Å². The molecular weight excluding hydrogens is 334 g/mol. The van der Waals surface area contributed by atoms with Gasteiger partial charge in [0.05, 0.1) is 6.04 Å². The average Bonchev–Trinajstić information content (AvgIpc) is 2.67. The SMILES string of the molecule is O=C(OCc1ccccc1)N1C2C=C(c3ccc4c(c3)CC4)CC1CCC2. The first kappa shape index (κ1) is 16.6. The second kappa shape index (κ2) is 6.88. The molecule has 1 aliphatic carbocycles. The van der Waals surface area contributed by atoms with Gasteiger partial charge in [-0.15, -0.1) is 0 Å². The number of aryl methyl sites for hydroxylation is 2. The van der Waals surface area contributed by atoms with Crippen molar-refractivity contribution in [2.45, 2.75) is 57.2 Å². The Morgan fingerprint density at radius 3 is 2.63 bits per heavy atom. The summed E-state index contributed by atoms with van der Waals surface area (Å²) < 4.78 is 5.65. The van der Waals surface area contributed by atoms with Crippen molar-refractivity contribution in [1.29, 1.82) is 0 Å². The molecule has 2 aromatic rings. The van der Waals surface area contributed by atoms with E-state index in [9.17, 15) is 4.79 Å². The smallest absolute Gasteiger partial charge is 0.410 e. The molecule has 2 aliphatic heterocycles. The van der Waals surface area contributed by atoms with Crippen molar-refractivity contribution in [3.8, 4) is 0 Å². The Morgan fingerprint density at radius 1 is 1.04 bits per heavy atom. The molecule has 2 atom stereocenters. The lowest BCUT2D eigenvalue weighted by atomic mass is 9.80. The number of piperidine rings is 1. The highest BCUT2D eigenvalue weighted by Gasteiger charge is 2.38. The van der Waals surface area contributed by atoms with Gasteiger partial charge in [0.2, 0.25) is 0 Å². The Kier molecular flexibility index (Phi) is 4.23. The van der Waals surface area contributed by atoms with E-state index in [1.807, 2.05) is 35.2 Å². The quantitative estimate of drug-likeness (QED) is 0.760. The summed E-state index contributed by atoms with van der Waals surface area (Å²) in [6.07, 6.45) is 8.81. The van der Waals surface area contributed by atoms with Crippen LogP contribution in [0.4, 0.5) is 4.79 Å². The van der Waals surface area contributed by atoms with Gasteiger partial charge in [0.1, 0.15) is 6.61 Å². The molecule has 0 saturated carbocycles. The fourth-order valence-electron chi connectivity index (χ4n) is 4.72. The number of rotatable bonds is 3. The van der Waals surface area contributed by atoms with Crippen molar-refractivity contribution in [2.75, 3.05) is 0 Å². The third-order valence-electron chi connectivity index (χ3n) is 6.29. The zero-order valence-electron chi connectivity index (χ0n) is 15.6. The molecule has 1 amide bonds. The van der Waals surface area contributed by atoms with Crippen LogP contribution in [0, 0.1) is 0 Å². The number of nitrogens with zero attached hydrogens (tertiary/aromatic N) is 1. The molecule has 3 aliphatic rings. The maximum atomic E-state index is 12.8.